The van der Waals surface area contributed by atoms with Crippen LogP contribution < -0.4 is 4.90 Å². The van der Waals surface area contributed by atoms with Crippen LogP contribution in [0, 0.1) is 12.8 Å². The van der Waals surface area contributed by atoms with Gasteiger partial charge in [0.1, 0.15) is 0 Å². The number of anilines is 1. The van der Waals surface area contributed by atoms with Gasteiger partial charge in [0.2, 0.25) is 0 Å². The average molecular weight is 233 g/mol. The molecule has 0 bridgehead atoms. The molecule has 0 heterocycles. The summed E-state index contributed by atoms with van der Waals surface area (Å²) in [4.78, 5) is 13.3. The molecule has 1 fully saturated rings. The Hall–Kier alpha value is -1.51. The zero-order valence-electron chi connectivity index (χ0n) is 10.4. The molecule has 1 aromatic carbocycles. The van der Waals surface area contributed by atoms with Crippen LogP contribution in [0.4, 0.5) is 5.69 Å². The Labute approximate surface area is 102 Å². The molecule has 1 N–H and O–H groups in total. The van der Waals surface area contributed by atoms with Crippen molar-refractivity contribution in [1.82, 2.24) is 0 Å². The SMILES string of the molecule is CCN(CC1CC1)c1ccc(C(=O)O)c(C)c1. The number of hydrogen-bond acceptors (Lipinski definition) is 2. The molecule has 0 saturated heterocycles. The third-order valence-electron chi connectivity index (χ3n) is 3.36. The van der Waals surface area contributed by atoms with E-state index in [-0.39, 0.29) is 0 Å². The Morgan fingerprint density at radius 2 is 2.18 bits per heavy atom. The molecule has 0 aromatic heterocycles. The Bertz CT molecular complexity index is 424. The predicted molar refractivity (Wildman–Crippen MR) is 68.7 cm³/mol. The second kappa shape index (κ2) is 4.78. The van der Waals surface area contributed by atoms with Crippen molar-refractivity contribution in [3.05, 3.63) is 29.3 Å². The molecule has 17 heavy (non-hydrogen) atoms. The molecule has 0 spiro atoms. The average Bonchev–Trinajstić information content (AvgIpc) is 3.09. The molecule has 3 nitrogen and oxygen atoms in total. The number of carboxylic acids is 1. The molecule has 2 rings (SSSR count). The smallest absolute Gasteiger partial charge is 0.335 e. The van der Waals surface area contributed by atoms with Crippen molar-refractivity contribution in [1.29, 1.82) is 0 Å². The van der Waals surface area contributed by atoms with Gasteiger partial charge in [0, 0.05) is 18.8 Å². The van der Waals surface area contributed by atoms with E-state index in [1.165, 1.54) is 12.8 Å². The molecule has 1 aliphatic rings. The van der Waals surface area contributed by atoms with Gasteiger partial charge in [-0.2, -0.15) is 0 Å². The lowest BCUT2D eigenvalue weighted by Crippen LogP contribution is -2.25. The first-order chi connectivity index (χ1) is 8.11. The lowest BCUT2D eigenvalue weighted by Gasteiger charge is -2.23. The highest BCUT2D eigenvalue weighted by Crippen LogP contribution is 2.31. The lowest BCUT2D eigenvalue weighted by atomic mass is 10.1. The van der Waals surface area contributed by atoms with Crippen LogP contribution in [0.5, 0.6) is 0 Å². The normalized spacial score (nSPS) is 14.7. The topological polar surface area (TPSA) is 40.5 Å². The van der Waals surface area contributed by atoms with Crippen molar-refractivity contribution in [3.63, 3.8) is 0 Å². The molecular formula is C14H19NO2. The van der Waals surface area contributed by atoms with Crippen molar-refractivity contribution >= 4 is 11.7 Å². The Morgan fingerprint density at radius 3 is 2.65 bits per heavy atom. The minimum absolute atomic E-state index is 0.399. The molecule has 0 aliphatic heterocycles. The molecular weight excluding hydrogens is 214 g/mol. The van der Waals surface area contributed by atoms with Gasteiger partial charge in [-0.15, -0.1) is 0 Å². The maximum absolute atomic E-state index is 10.9. The number of aryl methyl sites for hydroxylation is 1. The summed E-state index contributed by atoms with van der Waals surface area (Å²) < 4.78 is 0. The van der Waals surface area contributed by atoms with E-state index in [2.05, 4.69) is 11.8 Å². The van der Waals surface area contributed by atoms with E-state index in [9.17, 15) is 4.79 Å². The van der Waals surface area contributed by atoms with Gasteiger partial charge in [-0.25, -0.2) is 4.79 Å². The van der Waals surface area contributed by atoms with E-state index in [1.807, 2.05) is 19.1 Å². The zero-order valence-corrected chi connectivity index (χ0v) is 10.4. The molecule has 3 heteroatoms. The van der Waals surface area contributed by atoms with Gasteiger partial charge in [-0.1, -0.05) is 0 Å². The number of rotatable bonds is 5. The summed E-state index contributed by atoms with van der Waals surface area (Å²) in [5, 5.41) is 8.99. The number of benzene rings is 1. The molecule has 1 aromatic rings. The number of carboxylic acid groups (broad SMARTS) is 1. The maximum atomic E-state index is 10.9. The first-order valence-corrected chi connectivity index (χ1v) is 6.20. The monoisotopic (exact) mass is 233 g/mol. The molecule has 1 saturated carbocycles. The van der Waals surface area contributed by atoms with E-state index in [0.717, 1.165) is 30.3 Å². The Balaban J connectivity index is 2.19. The zero-order chi connectivity index (χ0) is 12.4. The number of carbonyl (C=O) groups is 1. The van der Waals surface area contributed by atoms with Crippen LogP contribution >= 0.6 is 0 Å². The molecule has 0 atom stereocenters. The van der Waals surface area contributed by atoms with Crippen LogP contribution in [0.2, 0.25) is 0 Å². The van der Waals surface area contributed by atoms with Gasteiger partial charge in [-0.3, -0.25) is 0 Å². The molecule has 0 unspecified atom stereocenters. The fourth-order valence-corrected chi connectivity index (χ4v) is 2.11. The van der Waals surface area contributed by atoms with Crippen LogP contribution in [0.1, 0.15) is 35.7 Å². The lowest BCUT2D eigenvalue weighted by molar-refractivity contribution is 0.0696. The van der Waals surface area contributed by atoms with E-state index in [1.54, 1.807) is 6.07 Å². The highest BCUT2D eigenvalue weighted by Gasteiger charge is 2.24. The fourth-order valence-electron chi connectivity index (χ4n) is 2.11. The summed E-state index contributed by atoms with van der Waals surface area (Å²) in [6.45, 7) is 6.07. The summed E-state index contributed by atoms with van der Waals surface area (Å²) in [6, 6.07) is 5.61. The van der Waals surface area contributed by atoms with E-state index < -0.39 is 5.97 Å². The van der Waals surface area contributed by atoms with Crippen molar-refractivity contribution < 1.29 is 9.90 Å². The first kappa shape index (κ1) is 12.0. The van der Waals surface area contributed by atoms with Gasteiger partial charge in [0.05, 0.1) is 5.56 Å². The minimum Gasteiger partial charge on any atom is -0.478 e. The van der Waals surface area contributed by atoms with Crippen LogP contribution in [-0.2, 0) is 0 Å². The van der Waals surface area contributed by atoms with Crippen LogP contribution in [-0.4, -0.2) is 24.2 Å². The summed E-state index contributed by atoms with van der Waals surface area (Å²) in [5.41, 5.74) is 2.38. The molecule has 0 radical (unpaired) electrons. The number of aromatic carboxylic acids is 1. The van der Waals surface area contributed by atoms with Crippen LogP contribution in [0.3, 0.4) is 0 Å². The van der Waals surface area contributed by atoms with Crippen molar-refractivity contribution in [3.8, 4) is 0 Å². The highest BCUT2D eigenvalue weighted by atomic mass is 16.4. The van der Waals surface area contributed by atoms with Gasteiger partial charge < -0.3 is 10.0 Å². The molecule has 0 amide bonds. The molecule has 1 aliphatic carbocycles. The van der Waals surface area contributed by atoms with Gasteiger partial charge in [0.15, 0.2) is 0 Å². The van der Waals surface area contributed by atoms with E-state index in [4.69, 9.17) is 5.11 Å². The quantitative estimate of drug-likeness (QED) is 0.850. The van der Waals surface area contributed by atoms with Crippen molar-refractivity contribution in [2.75, 3.05) is 18.0 Å². The number of hydrogen-bond donors (Lipinski definition) is 1. The molecule has 92 valence electrons. The summed E-state index contributed by atoms with van der Waals surface area (Å²) >= 11 is 0. The minimum atomic E-state index is -0.848. The van der Waals surface area contributed by atoms with E-state index in [0.29, 0.717) is 5.56 Å². The van der Waals surface area contributed by atoms with E-state index >= 15 is 0 Å². The Kier molecular flexibility index (Phi) is 3.36. The maximum Gasteiger partial charge on any atom is 0.335 e. The summed E-state index contributed by atoms with van der Waals surface area (Å²) in [7, 11) is 0. The van der Waals surface area contributed by atoms with Gasteiger partial charge >= 0.3 is 5.97 Å². The second-order valence-electron chi connectivity index (χ2n) is 4.79. The van der Waals surface area contributed by atoms with Crippen molar-refractivity contribution in [2.24, 2.45) is 5.92 Å². The third-order valence-corrected chi connectivity index (χ3v) is 3.36. The number of nitrogens with zero attached hydrogens (tertiary/aromatic N) is 1. The van der Waals surface area contributed by atoms with Crippen LogP contribution in [0.25, 0.3) is 0 Å². The Morgan fingerprint density at radius 1 is 1.47 bits per heavy atom. The van der Waals surface area contributed by atoms with Gasteiger partial charge in [0.25, 0.3) is 0 Å². The largest absolute Gasteiger partial charge is 0.478 e. The highest BCUT2D eigenvalue weighted by molar-refractivity contribution is 5.89. The summed E-state index contributed by atoms with van der Waals surface area (Å²) in [5.74, 6) is -0.00584. The third kappa shape index (κ3) is 2.78. The van der Waals surface area contributed by atoms with Gasteiger partial charge in [-0.05, 0) is 56.4 Å². The standard InChI is InChI=1S/C14H19NO2/c1-3-15(9-11-4-5-11)12-6-7-13(14(16)17)10(2)8-12/h6-8,11H,3-5,9H2,1-2H3,(H,16,17). The first-order valence-electron chi connectivity index (χ1n) is 6.20. The fraction of sp³-hybridized carbons (Fsp3) is 0.500. The predicted octanol–water partition coefficient (Wildman–Crippen LogP) is 2.93. The van der Waals surface area contributed by atoms with Crippen LogP contribution in [0.15, 0.2) is 18.2 Å². The van der Waals surface area contributed by atoms with Crippen molar-refractivity contribution in [2.45, 2.75) is 26.7 Å². The second-order valence-corrected chi connectivity index (χ2v) is 4.79. The summed E-state index contributed by atoms with van der Waals surface area (Å²) in [6.07, 6.45) is 2.67.